The number of aromatic nitrogens is 1. The highest BCUT2D eigenvalue weighted by Crippen LogP contribution is 2.29. The molecule has 1 aliphatic rings. The average molecular weight is 271 g/mol. The Bertz CT molecular complexity index is 761. The number of nitrogens with two attached hydrogens (primary N) is 1. The van der Waals surface area contributed by atoms with Gasteiger partial charge < -0.3 is 20.7 Å². The number of nitrogens with zero attached hydrogens (tertiary/aromatic N) is 1. The summed E-state index contributed by atoms with van der Waals surface area (Å²) in [6, 6.07) is 6.34. The van der Waals surface area contributed by atoms with Gasteiger partial charge in [-0.05, 0) is 12.1 Å². The highest BCUT2D eigenvalue weighted by Gasteiger charge is 2.32. The standard InChI is InChI=1S/C13H9N3O4/c14-13-10-11(16-20-13)9(18)5-7(12(10)19)15-6-3-1-2-4-8(6)17/h1-5,15,17H,14H2. The highest BCUT2D eigenvalue weighted by atomic mass is 16.5. The highest BCUT2D eigenvalue weighted by molar-refractivity contribution is 6.26. The lowest BCUT2D eigenvalue weighted by Crippen LogP contribution is -2.21. The third-order valence-corrected chi connectivity index (χ3v) is 2.87. The number of phenolic OH excluding ortho intramolecular Hbond substituents is 1. The van der Waals surface area contributed by atoms with Crippen molar-refractivity contribution >= 4 is 23.1 Å². The van der Waals surface area contributed by atoms with E-state index in [1.54, 1.807) is 18.2 Å². The lowest BCUT2D eigenvalue weighted by Gasteiger charge is -2.13. The summed E-state index contributed by atoms with van der Waals surface area (Å²) in [5.74, 6) is -1.25. The Labute approximate surface area is 112 Å². The van der Waals surface area contributed by atoms with Gasteiger partial charge in [-0.2, -0.15) is 0 Å². The number of ketones is 2. The summed E-state index contributed by atoms with van der Waals surface area (Å²) in [7, 11) is 0. The zero-order chi connectivity index (χ0) is 14.3. The minimum absolute atomic E-state index is 0.00102. The van der Waals surface area contributed by atoms with Crippen LogP contribution in [0.3, 0.4) is 0 Å². The van der Waals surface area contributed by atoms with E-state index in [4.69, 9.17) is 5.73 Å². The summed E-state index contributed by atoms with van der Waals surface area (Å²) in [5.41, 5.74) is 5.63. The van der Waals surface area contributed by atoms with Crippen LogP contribution in [0.5, 0.6) is 5.75 Å². The molecule has 20 heavy (non-hydrogen) atoms. The molecule has 1 aromatic carbocycles. The maximum atomic E-state index is 12.2. The van der Waals surface area contributed by atoms with Crippen molar-refractivity contribution in [2.24, 2.45) is 0 Å². The molecule has 0 amide bonds. The molecule has 1 heterocycles. The van der Waals surface area contributed by atoms with E-state index >= 15 is 0 Å². The van der Waals surface area contributed by atoms with Crippen molar-refractivity contribution in [3.8, 4) is 5.75 Å². The van der Waals surface area contributed by atoms with Crippen LogP contribution in [0, 0.1) is 0 Å². The van der Waals surface area contributed by atoms with Crippen LogP contribution in [0.2, 0.25) is 0 Å². The number of hydrogen-bond donors (Lipinski definition) is 3. The summed E-state index contributed by atoms with van der Waals surface area (Å²) in [4.78, 5) is 24.0. The first-order valence-electron chi connectivity index (χ1n) is 5.69. The zero-order valence-corrected chi connectivity index (χ0v) is 10.1. The van der Waals surface area contributed by atoms with Gasteiger partial charge in [-0.15, -0.1) is 0 Å². The fourth-order valence-electron chi connectivity index (χ4n) is 1.91. The molecular formula is C13H9N3O4. The molecule has 1 aliphatic carbocycles. The summed E-state index contributed by atoms with van der Waals surface area (Å²) in [6.07, 6.45) is 1.10. The van der Waals surface area contributed by atoms with E-state index in [1.165, 1.54) is 6.07 Å². The van der Waals surface area contributed by atoms with Crippen LogP contribution in [-0.4, -0.2) is 21.8 Å². The van der Waals surface area contributed by atoms with Crippen LogP contribution in [0.1, 0.15) is 20.8 Å². The molecule has 2 aromatic rings. The van der Waals surface area contributed by atoms with E-state index in [2.05, 4.69) is 15.0 Å². The van der Waals surface area contributed by atoms with Gasteiger partial charge in [0.25, 0.3) is 0 Å². The van der Waals surface area contributed by atoms with Crippen molar-refractivity contribution in [3.05, 3.63) is 47.3 Å². The van der Waals surface area contributed by atoms with E-state index in [0.29, 0.717) is 5.69 Å². The molecule has 7 nitrogen and oxygen atoms in total. The summed E-state index contributed by atoms with van der Waals surface area (Å²) in [6.45, 7) is 0. The van der Waals surface area contributed by atoms with Crippen molar-refractivity contribution in [2.75, 3.05) is 11.1 Å². The first-order valence-corrected chi connectivity index (χ1v) is 5.69. The van der Waals surface area contributed by atoms with E-state index in [0.717, 1.165) is 6.08 Å². The number of allylic oxidation sites excluding steroid dienone is 2. The normalized spacial score (nSPS) is 13.9. The first-order chi connectivity index (χ1) is 9.58. The second-order valence-electron chi connectivity index (χ2n) is 4.16. The van der Waals surface area contributed by atoms with Crippen molar-refractivity contribution in [2.45, 2.75) is 0 Å². The molecule has 0 fully saturated rings. The number of benzene rings is 1. The number of nitrogen functional groups attached to an aromatic ring is 1. The number of carbonyl (C=O) groups excluding carboxylic acids is 2. The van der Waals surface area contributed by atoms with Crippen LogP contribution in [0.4, 0.5) is 11.6 Å². The Morgan fingerprint density at radius 2 is 2.00 bits per heavy atom. The van der Waals surface area contributed by atoms with Crippen molar-refractivity contribution in [3.63, 3.8) is 0 Å². The van der Waals surface area contributed by atoms with Crippen LogP contribution < -0.4 is 11.1 Å². The van der Waals surface area contributed by atoms with E-state index in [-0.39, 0.29) is 28.6 Å². The number of phenols is 1. The third-order valence-electron chi connectivity index (χ3n) is 2.87. The van der Waals surface area contributed by atoms with E-state index < -0.39 is 11.6 Å². The monoisotopic (exact) mass is 271 g/mol. The minimum atomic E-state index is -0.512. The predicted octanol–water partition coefficient (Wildman–Crippen LogP) is 1.34. The molecule has 0 unspecified atom stereocenters. The number of rotatable bonds is 2. The maximum Gasteiger partial charge on any atom is 0.234 e. The van der Waals surface area contributed by atoms with Crippen LogP contribution in [0.25, 0.3) is 0 Å². The Morgan fingerprint density at radius 1 is 1.25 bits per heavy atom. The molecule has 0 radical (unpaired) electrons. The zero-order valence-electron chi connectivity index (χ0n) is 10.1. The van der Waals surface area contributed by atoms with Crippen LogP contribution >= 0.6 is 0 Å². The van der Waals surface area contributed by atoms with Gasteiger partial charge in [-0.25, -0.2) is 0 Å². The molecule has 0 bridgehead atoms. The lowest BCUT2D eigenvalue weighted by molar-refractivity contribution is 0.0983. The fraction of sp³-hybridized carbons (Fsp3) is 0. The maximum absolute atomic E-state index is 12.2. The summed E-state index contributed by atoms with van der Waals surface area (Å²) in [5, 5.41) is 15.8. The molecule has 100 valence electrons. The second kappa shape index (κ2) is 4.23. The number of aromatic hydroxyl groups is 1. The number of para-hydroxylation sites is 2. The van der Waals surface area contributed by atoms with Gasteiger partial charge >= 0.3 is 0 Å². The summed E-state index contributed by atoms with van der Waals surface area (Å²) < 4.78 is 4.66. The first kappa shape index (κ1) is 12.0. The van der Waals surface area contributed by atoms with Crippen molar-refractivity contribution < 1.29 is 19.2 Å². The Kier molecular flexibility index (Phi) is 2.53. The SMILES string of the molecule is Nc1onc2c1C(=O)C(Nc1ccccc1O)=CC2=O. The third kappa shape index (κ3) is 1.72. The van der Waals surface area contributed by atoms with Crippen molar-refractivity contribution in [1.29, 1.82) is 0 Å². The molecule has 0 saturated carbocycles. The number of nitrogens with one attached hydrogen (secondary N) is 1. The number of fused-ring (bicyclic) bond motifs is 1. The van der Waals surface area contributed by atoms with Crippen molar-refractivity contribution in [1.82, 2.24) is 5.16 Å². The number of hydrogen-bond acceptors (Lipinski definition) is 7. The number of carbonyl (C=O) groups is 2. The Balaban J connectivity index is 2.00. The molecule has 0 saturated heterocycles. The molecule has 0 aliphatic heterocycles. The van der Waals surface area contributed by atoms with Gasteiger partial charge in [0.2, 0.25) is 17.5 Å². The molecule has 0 spiro atoms. The average Bonchev–Trinajstić information content (AvgIpc) is 2.81. The van der Waals surface area contributed by atoms with E-state index in [9.17, 15) is 14.7 Å². The predicted molar refractivity (Wildman–Crippen MR) is 69.4 cm³/mol. The van der Waals surface area contributed by atoms with Crippen LogP contribution in [-0.2, 0) is 0 Å². The lowest BCUT2D eigenvalue weighted by atomic mass is 9.98. The number of anilines is 2. The fourth-order valence-corrected chi connectivity index (χ4v) is 1.91. The quantitative estimate of drug-likeness (QED) is 0.705. The van der Waals surface area contributed by atoms with Gasteiger partial charge in [0.05, 0.1) is 11.4 Å². The largest absolute Gasteiger partial charge is 0.506 e. The molecule has 4 N–H and O–H groups in total. The molecule has 7 heteroatoms. The molecule has 3 rings (SSSR count). The molecule has 1 aromatic heterocycles. The Morgan fingerprint density at radius 3 is 2.75 bits per heavy atom. The topological polar surface area (TPSA) is 118 Å². The van der Waals surface area contributed by atoms with Gasteiger partial charge in [-0.1, -0.05) is 17.3 Å². The van der Waals surface area contributed by atoms with Gasteiger partial charge in [0, 0.05) is 6.08 Å². The van der Waals surface area contributed by atoms with Gasteiger partial charge in [0.1, 0.15) is 11.3 Å². The molecule has 0 atom stereocenters. The van der Waals surface area contributed by atoms with Crippen LogP contribution in [0.15, 0.2) is 40.6 Å². The minimum Gasteiger partial charge on any atom is -0.506 e. The molecular weight excluding hydrogens is 262 g/mol. The second-order valence-corrected chi connectivity index (χ2v) is 4.16. The van der Waals surface area contributed by atoms with E-state index in [1.807, 2.05) is 0 Å². The number of Topliss-reactive ketones (excluding diaryl/α,β-unsaturated/α-hetero) is 1. The van der Waals surface area contributed by atoms with Gasteiger partial charge in [0.15, 0.2) is 5.69 Å². The summed E-state index contributed by atoms with van der Waals surface area (Å²) >= 11 is 0. The smallest absolute Gasteiger partial charge is 0.234 e. The van der Waals surface area contributed by atoms with Gasteiger partial charge in [-0.3, -0.25) is 9.59 Å². The Hall–Kier alpha value is -3.09.